The van der Waals surface area contributed by atoms with Gasteiger partial charge in [0.05, 0.1) is 12.0 Å². The Hall–Kier alpha value is -1.31. The van der Waals surface area contributed by atoms with E-state index in [2.05, 4.69) is 4.74 Å². The van der Waals surface area contributed by atoms with Gasteiger partial charge in [0, 0.05) is 31.2 Å². The van der Waals surface area contributed by atoms with E-state index >= 15 is 0 Å². The van der Waals surface area contributed by atoms with E-state index in [4.69, 9.17) is 11.6 Å². The maximum atomic E-state index is 12.5. The number of ether oxygens (including phenoxy) is 1. The first-order valence-electron chi connectivity index (χ1n) is 6.45. The van der Waals surface area contributed by atoms with Crippen LogP contribution in [0.4, 0.5) is 4.79 Å². The van der Waals surface area contributed by atoms with Crippen molar-refractivity contribution >= 4 is 27.7 Å². The SMILES string of the molecule is COC(=O)N1CCN(S(=O)(=O)c2ccc(C)c(Cl)c2)CC1. The fourth-order valence-electron chi connectivity index (χ4n) is 2.12. The Balaban J connectivity index is 2.14. The molecule has 8 heteroatoms. The molecule has 0 spiro atoms. The Kier molecular flexibility index (Phi) is 4.75. The zero-order valence-electron chi connectivity index (χ0n) is 11.9. The van der Waals surface area contributed by atoms with Gasteiger partial charge in [0.1, 0.15) is 0 Å². The summed E-state index contributed by atoms with van der Waals surface area (Å²) in [5.41, 5.74) is 0.825. The van der Waals surface area contributed by atoms with Crippen molar-refractivity contribution in [1.29, 1.82) is 0 Å². The topological polar surface area (TPSA) is 66.9 Å². The third-order valence-corrected chi connectivity index (χ3v) is 5.75. The van der Waals surface area contributed by atoms with Crippen LogP contribution in [0, 0.1) is 6.92 Å². The van der Waals surface area contributed by atoms with Crippen molar-refractivity contribution in [3.8, 4) is 0 Å². The largest absolute Gasteiger partial charge is 0.453 e. The lowest BCUT2D eigenvalue weighted by molar-refractivity contribution is 0.108. The molecule has 1 heterocycles. The van der Waals surface area contributed by atoms with Crippen LogP contribution >= 0.6 is 11.6 Å². The van der Waals surface area contributed by atoms with Crippen molar-refractivity contribution in [2.24, 2.45) is 0 Å². The van der Waals surface area contributed by atoms with E-state index in [1.807, 2.05) is 6.92 Å². The third kappa shape index (κ3) is 3.30. The monoisotopic (exact) mass is 332 g/mol. The first-order chi connectivity index (χ1) is 9.86. The second-order valence-corrected chi connectivity index (χ2v) is 7.12. The normalized spacial score (nSPS) is 16.8. The number of methoxy groups -OCH3 is 1. The molecule has 0 unspecified atom stereocenters. The summed E-state index contributed by atoms with van der Waals surface area (Å²) in [5, 5.41) is 0.421. The summed E-state index contributed by atoms with van der Waals surface area (Å²) in [7, 11) is -2.28. The molecule has 21 heavy (non-hydrogen) atoms. The molecule has 0 bridgehead atoms. The minimum Gasteiger partial charge on any atom is -0.453 e. The molecule has 2 rings (SSSR count). The number of rotatable bonds is 2. The molecule has 1 aliphatic rings. The molecule has 0 radical (unpaired) electrons. The highest BCUT2D eigenvalue weighted by molar-refractivity contribution is 7.89. The van der Waals surface area contributed by atoms with Gasteiger partial charge in [-0.3, -0.25) is 0 Å². The Labute approximate surface area is 129 Å². The van der Waals surface area contributed by atoms with E-state index in [-0.39, 0.29) is 18.0 Å². The quantitative estimate of drug-likeness (QED) is 0.827. The molecule has 0 aromatic heterocycles. The average molecular weight is 333 g/mol. The molecule has 0 saturated carbocycles. The van der Waals surface area contributed by atoms with E-state index < -0.39 is 16.1 Å². The summed E-state index contributed by atoms with van der Waals surface area (Å²) in [6.45, 7) is 2.91. The smallest absolute Gasteiger partial charge is 0.409 e. The maximum absolute atomic E-state index is 12.5. The van der Waals surface area contributed by atoms with Crippen molar-refractivity contribution in [2.45, 2.75) is 11.8 Å². The second kappa shape index (κ2) is 6.21. The number of piperazine rings is 1. The number of hydrogen-bond donors (Lipinski definition) is 0. The van der Waals surface area contributed by atoms with Crippen LogP contribution in [0.1, 0.15) is 5.56 Å². The van der Waals surface area contributed by atoms with Crippen molar-refractivity contribution in [3.05, 3.63) is 28.8 Å². The van der Waals surface area contributed by atoms with E-state index in [9.17, 15) is 13.2 Å². The lowest BCUT2D eigenvalue weighted by atomic mass is 10.2. The molecule has 1 amide bonds. The standard InChI is InChI=1S/C13H17ClN2O4S/c1-10-3-4-11(9-12(10)14)21(18,19)16-7-5-15(6-8-16)13(17)20-2/h3-4,9H,5-8H2,1-2H3. The first kappa shape index (κ1) is 16.1. The van der Waals surface area contributed by atoms with Gasteiger partial charge in [-0.2, -0.15) is 4.31 Å². The van der Waals surface area contributed by atoms with Crippen LogP contribution in [-0.2, 0) is 14.8 Å². The zero-order chi connectivity index (χ0) is 15.6. The summed E-state index contributed by atoms with van der Waals surface area (Å²) >= 11 is 5.99. The maximum Gasteiger partial charge on any atom is 0.409 e. The summed E-state index contributed by atoms with van der Waals surface area (Å²) in [6.07, 6.45) is -0.439. The number of carbonyl (C=O) groups is 1. The molecule has 1 aromatic carbocycles. The van der Waals surface area contributed by atoms with Gasteiger partial charge in [0.15, 0.2) is 0 Å². The van der Waals surface area contributed by atoms with Crippen molar-refractivity contribution in [1.82, 2.24) is 9.21 Å². The van der Waals surface area contributed by atoms with Crippen LogP contribution in [0.25, 0.3) is 0 Å². The summed E-state index contributed by atoms with van der Waals surface area (Å²) in [4.78, 5) is 13.0. The number of nitrogens with zero attached hydrogens (tertiary/aromatic N) is 2. The fraction of sp³-hybridized carbons (Fsp3) is 0.462. The van der Waals surface area contributed by atoms with Gasteiger partial charge in [-0.05, 0) is 24.6 Å². The molecular formula is C13H17ClN2O4S. The predicted molar refractivity (Wildman–Crippen MR) is 78.9 cm³/mol. The molecule has 6 nitrogen and oxygen atoms in total. The van der Waals surface area contributed by atoms with Crippen LogP contribution in [-0.4, -0.2) is 57.0 Å². The lowest BCUT2D eigenvalue weighted by Crippen LogP contribution is -2.50. The van der Waals surface area contributed by atoms with Crippen molar-refractivity contribution < 1.29 is 17.9 Å². The van der Waals surface area contributed by atoms with Gasteiger partial charge in [-0.15, -0.1) is 0 Å². The van der Waals surface area contributed by atoms with Crippen LogP contribution < -0.4 is 0 Å². The first-order valence-corrected chi connectivity index (χ1v) is 8.27. The number of sulfonamides is 1. The Morgan fingerprint density at radius 1 is 1.24 bits per heavy atom. The summed E-state index contributed by atoms with van der Waals surface area (Å²) < 4.78 is 31.0. The van der Waals surface area contributed by atoms with Crippen LogP contribution in [0.15, 0.2) is 23.1 Å². The molecular weight excluding hydrogens is 316 g/mol. The Bertz CT molecular complexity index is 640. The minimum absolute atomic E-state index is 0.171. The van der Waals surface area contributed by atoms with Crippen LogP contribution in [0.2, 0.25) is 5.02 Å². The molecule has 1 aromatic rings. The van der Waals surface area contributed by atoms with Crippen LogP contribution in [0.3, 0.4) is 0 Å². The molecule has 1 saturated heterocycles. The Morgan fingerprint density at radius 2 is 1.86 bits per heavy atom. The summed E-state index contributed by atoms with van der Waals surface area (Å²) in [5.74, 6) is 0. The molecule has 0 N–H and O–H groups in total. The number of benzene rings is 1. The van der Waals surface area contributed by atoms with Gasteiger partial charge < -0.3 is 9.64 Å². The van der Waals surface area contributed by atoms with E-state index in [1.54, 1.807) is 12.1 Å². The number of halogens is 1. The van der Waals surface area contributed by atoms with Gasteiger partial charge in [0.2, 0.25) is 10.0 Å². The van der Waals surface area contributed by atoms with Crippen molar-refractivity contribution in [2.75, 3.05) is 33.3 Å². The average Bonchev–Trinajstić information content (AvgIpc) is 2.49. The minimum atomic E-state index is -3.59. The van der Waals surface area contributed by atoms with Gasteiger partial charge in [-0.1, -0.05) is 17.7 Å². The van der Waals surface area contributed by atoms with Crippen molar-refractivity contribution in [3.63, 3.8) is 0 Å². The zero-order valence-corrected chi connectivity index (χ0v) is 13.4. The predicted octanol–water partition coefficient (Wildman–Crippen LogP) is 1.72. The van der Waals surface area contributed by atoms with E-state index in [0.717, 1.165) is 5.56 Å². The summed E-state index contributed by atoms with van der Waals surface area (Å²) in [6, 6.07) is 4.68. The lowest BCUT2D eigenvalue weighted by Gasteiger charge is -2.33. The van der Waals surface area contributed by atoms with E-state index in [1.165, 1.54) is 22.4 Å². The number of aryl methyl sites for hydroxylation is 1. The molecule has 1 aliphatic heterocycles. The van der Waals surface area contributed by atoms with Gasteiger partial charge >= 0.3 is 6.09 Å². The molecule has 1 fully saturated rings. The Morgan fingerprint density at radius 3 is 2.38 bits per heavy atom. The highest BCUT2D eigenvalue weighted by atomic mass is 35.5. The highest BCUT2D eigenvalue weighted by Gasteiger charge is 2.30. The highest BCUT2D eigenvalue weighted by Crippen LogP contribution is 2.23. The van der Waals surface area contributed by atoms with Gasteiger partial charge in [-0.25, -0.2) is 13.2 Å². The fourth-order valence-corrected chi connectivity index (χ4v) is 3.82. The molecule has 0 aliphatic carbocycles. The second-order valence-electron chi connectivity index (χ2n) is 4.77. The number of hydrogen-bond acceptors (Lipinski definition) is 4. The van der Waals surface area contributed by atoms with Crippen LogP contribution in [0.5, 0.6) is 0 Å². The van der Waals surface area contributed by atoms with E-state index in [0.29, 0.717) is 18.1 Å². The van der Waals surface area contributed by atoms with Gasteiger partial charge in [0.25, 0.3) is 0 Å². The molecule has 116 valence electrons. The number of amides is 1. The number of carbonyl (C=O) groups excluding carboxylic acids is 1. The third-order valence-electron chi connectivity index (χ3n) is 3.45. The molecule has 0 atom stereocenters.